The quantitative estimate of drug-likeness (QED) is 0.551. The molecule has 0 aliphatic rings. The Labute approximate surface area is 62.3 Å². The summed E-state index contributed by atoms with van der Waals surface area (Å²) in [5.41, 5.74) is 1.25. The third kappa shape index (κ3) is 0.899. The van der Waals surface area contributed by atoms with E-state index in [2.05, 4.69) is 15.1 Å². The summed E-state index contributed by atoms with van der Waals surface area (Å²) in [6, 6.07) is 0. The first-order valence-corrected chi connectivity index (χ1v) is 3.14. The fourth-order valence-corrected chi connectivity index (χ4v) is 0.902. The molecule has 0 atom stereocenters. The zero-order valence-electron chi connectivity index (χ0n) is 5.89. The summed E-state index contributed by atoms with van der Waals surface area (Å²) >= 11 is 0. The molecule has 0 aliphatic carbocycles. The predicted octanol–water partition coefficient (Wildman–Crippen LogP) is 0.372. The van der Waals surface area contributed by atoms with Gasteiger partial charge in [0.05, 0.1) is 12.4 Å². The Morgan fingerprint density at radius 3 is 3.09 bits per heavy atom. The van der Waals surface area contributed by atoms with Crippen LogP contribution >= 0.6 is 0 Å². The van der Waals surface area contributed by atoms with E-state index in [9.17, 15) is 0 Å². The maximum atomic E-state index is 8.88. The van der Waals surface area contributed by atoms with Gasteiger partial charge in [-0.25, -0.2) is 9.97 Å². The molecule has 0 saturated carbocycles. The number of hydrogen-bond acceptors (Lipinski definition) is 4. The molecule has 5 heteroatoms. The van der Waals surface area contributed by atoms with Gasteiger partial charge in [0.1, 0.15) is 16.9 Å². The van der Waals surface area contributed by atoms with Gasteiger partial charge in [0.25, 0.3) is 0 Å². The van der Waals surface area contributed by atoms with Crippen LogP contribution in [0.4, 0.5) is 0 Å². The second-order valence-electron chi connectivity index (χ2n) is 2.24. The van der Waals surface area contributed by atoms with Crippen molar-refractivity contribution < 1.29 is 5.21 Å². The zero-order valence-corrected chi connectivity index (χ0v) is 5.89. The van der Waals surface area contributed by atoms with Crippen LogP contribution in [0.5, 0.6) is 0 Å². The first-order valence-electron chi connectivity index (χ1n) is 3.14. The zero-order chi connectivity index (χ0) is 7.84. The topological polar surface area (TPSA) is 63.8 Å². The van der Waals surface area contributed by atoms with Crippen LogP contribution in [0.3, 0.4) is 0 Å². The lowest BCUT2D eigenvalue weighted by Crippen LogP contribution is -1.87. The van der Waals surface area contributed by atoms with Crippen molar-refractivity contribution in [3.05, 3.63) is 18.2 Å². The molecule has 2 heterocycles. The third-order valence-corrected chi connectivity index (χ3v) is 1.37. The van der Waals surface area contributed by atoms with E-state index in [1.807, 2.05) is 0 Å². The number of rotatable bonds is 0. The van der Waals surface area contributed by atoms with Crippen molar-refractivity contribution in [3.8, 4) is 0 Å². The number of fused-ring (bicyclic) bond motifs is 1. The van der Waals surface area contributed by atoms with Gasteiger partial charge in [-0.3, -0.25) is 0 Å². The normalized spacial score (nSPS) is 10.6. The molecular weight excluding hydrogens is 144 g/mol. The first-order chi connectivity index (χ1) is 5.25. The van der Waals surface area contributed by atoms with Gasteiger partial charge in [-0.2, -0.15) is 0 Å². The fourth-order valence-electron chi connectivity index (χ4n) is 0.902. The smallest absolute Gasteiger partial charge is 0.133 e. The lowest BCUT2D eigenvalue weighted by Gasteiger charge is -1.86. The molecule has 2 aromatic heterocycles. The summed E-state index contributed by atoms with van der Waals surface area (Å²) < 4.78 is 0. The number of aryl methyl sites for hydroxylation is 1. The summed E-state index contributed by atoms with van der Waals surface area (Å²) in [4.78, 5) is 8.70. The lowest BCUT2D eigenvalue weighted by atomic mass is 10.5. The van der Waals surface area contributed by atoms with Gasteiger partial charge in [0.2, 0.25) is 0 Å². The van der Waals surface area contributed by atoms with E-state index in [4.69, 9.17) is 5.21 Å². The van der Waals surface area contributed by atoms with Crippen LogP contribution in [-0.4, -0.2) is 25.1 Å². The molecule has 0 radical (unpaired) electrons. The highest BCUT2D eigenvalue weighted by Gasteiger charge is 2.00. The van der Waals surface area contributed by atoms with E-state index in [1.165, 1.54) is 6.20 Å². The Bertz CT molecular complexity index is 394. The standard InChI is InChI=1S/C6H6N4O/c1-4-7-2-5-6(8-4)3-10(11)9-5/h2-3,11H,1H3. The number of hydrogen-bond donors (Lipinski definition) is 1. The van der Waals surface area contributed by atoms with E-state index in [0.29, 0.717) is 16.9 Å². The largest absolute Gasteiger partial charge is 0.412 e. The van der Waals surface area contributed by atoms with Crippen LogP contribution in [0, 0.1) is 6.92 Å². The van der Waals surface area contributed by atoms with E-state index in [-0.39, 0.29) is 0 Å². The van der Waals surface area contributed by atoms with Crippen LogP contribution < -0.4 is 0 Å². The van der Waals surface area contributed by atoms with Crippen LogP contribution in [0.15, 0.2) is 12.4 Å². The molecule has 2 rings (SSSR count). The summed E-state index contributed by atoms with van der Waals surface area (Å²) in [7, 11) is 0. The van der Waals surface area contributed by atoms with Gasteiger partial charge in [-0.15, -0.1) is 9.94 Å². The van der Waals surface area contributed by atoms with Gasteiger partial charge in [0.15, 0.2) is 0 Å². The summed E-state index contributed by atoms with van der Waals surface area (Å²) in [6.45, 7) is 1.79. The van der Waals surface area contributed by atoms with Gasteiger partial charge >= 0.3 is 0 Å². The molecule has 1 N–H and O–H groups in total. The second kappa shape index (κ2) is 1.91. The van der Waals surface area contributed by atoms with E-state index < -0.39 is 0 Å². The molecule has 56 valence electrons. The highest BCUT2D eigenvalue weighted by atomic mass is 16.5. The summed E-state index contributed by atoms with van der Waals surface area (Å²) in [5.74, 6) is 0.672. The third-order valence-electron chi connectivity index (χ3n) is 1.37. The average molecular weight is 150 g/mol. The average Bonchev–Trinajstić information content (AvgIpc) is 2.27. The van der Waals surface area contributed by atoms with Crippen molar-refractivity contribution in [2.24, 2.45) is 0 Å². The molecule has 0 spiro atoms. The van der Waals surface area contributed by atoms with Crippen LogP contribution in [0.25, 0.3) is 11.0 Å². The Balaban J connectivity index is 2.82. The Hall–Kier alpha value is -1.65. The molecule has 0 aromatic carbocycles. The monoisotopic (exact) mass is 150 g/mol. The minimum absolute atomic E-state index is 0.595. The van der Waals surface area contributed by atoms with Gasteiger partial charge in [-0.05, 0) is 6.92 Å². The highest BCUT2D eigenvalue weighted by molar-refractivity contribution is 5.71. The van der Waals surface area contributed by atoms with Gasteiger partial charge in [-0.1, -0.05) is 0 Å². The predicted molar refractivity (Wildman–Crippen MR) is 37.2 cm³/mol. The molecule has 0 amide bonds. The van der Waals surface area contributed by atoms with Gasteiger partial charge in [0, 0.05) is 0 Å². The SMILES string of the molecule is Cc1ncc2nn(O)cc2n1. The molecule has 5 nitrogen and oxygen atoms in total. The van der Waals surface area contributed by atoms with Gasteiger partial charge < -0.3 is 5.21 Å². The van der Waals surface area contributed by atoms with Crippen LogP contribution in [0.1, 0.15) is 5.82 Å². The van der Waals surface area contributed by atoms with Crippen LogP contribution in [0.2, 0.25) is 0 Å². The fraction of sp³-hybridized carbons (Fsp3) is 0.167. The lowest BCUT2D eigenvalue weighted by molar-refractivity contribution is 0.151. The Kier molecular flexibility index (Phi) is 1.06. The summed E-state index contributed by atoms with van der Waals surface area (Å²) in [5, 5.41) is 12.6. The summed E-state index contributed by atoms with van der Waals surface area (Å²) in [6.07, 6.45) is 3.01. The molecule has 0 aliphatic heterocycles. The Morgan fingerprint density at radius 1 is 1.45 bits per heavy atom. The van der Waals surface area contributed by atoms with Crippen molar-refractivity contribution in [1.82, 2.24) is 19.9 Å². The van der Waals surface area contributed by atoms with Crippen molar-refractivity contribution in [2.45, 2.75) is 6.92 Å². The van der Waals surface area contributed by atoms with Crippen LogP contribution in [-0.2, 0) is 0 Å². The molecule has 11 heavy (non-hydrogen) atoms. The van der Waals surface area contributed by atoms with E-state index >= 15 is 0 Å². The molecule has 0 bridgehead atoms. The van der Waals surface area contributed by atoms with E-state index in [1.54, 1.807) is 13.1 Å². The van der Waals surface area contributed by atoms with Crippen molar-refractivity contribution in [2.75, 3.05) is 0 Å². The highest BCUT2D eigenvalue weighted by Crippen LogP contribution is 2.05. The number of nitrogens with zero attached hydrogens (tertiary/aromatic N) is 4. The maximum absolute atomic E-state index is 8.88. The van der Waals surface area contributed by atoms with Crippen molar-refractivity contribution in [3.63, 3.8) is 0 Å². The molecule has 2 aromatic rings. The minimum Gasteiger partial charge on any atom is -0.412 e. The molecular formula is C6H6N4O. The number of aromatic nitrogens is 4. The Morgan fingerprint density at radius 2 is 2.27 bits per heavy atom. The second-order valence-corrected chi connectivity index (χ2v) is 2.24. The first kappa shape index (κ1) is 6.09. The van der Waals surface area contributed by atoms with E-state index in [0.717, 1.165) is 4.85 Å². The molecule has 0 fully saturated rings. The maximum Gasteiger partial charge on any atom is 0.133 e. The minimum atomic E-state index is 0.595. The van der Waals surface area contributed by atoms with Crippen molar-refractivity contribution >= 4 is 11.0 Å². The molecule has 0 saturated heterocycles. The molecule has 0 unspecified atom stereocenters. The van der Waals surface area contributed by atoms with Crippen molar-refractivity contribution in [1.29, 1.82) is 0 Å².